The number of likely N-dealkylation sites (tertiary alicyclic amines) is 2. The Balaban J connectivity index is 0.00000320. The molecule has 1 aromatic rings. The Kier molecular flexibility index (Phi) is 9.11. The van der Waals surface area contributed by atoms with Crippen LogP contribution in [0.15, 0.2) is 24.3 Å². The Bertz CT molecular complexity index is 734. The van der Waals surface area contributed by atoms with Crippen molar-refractivity contribution in [3.8, 4) is 0 Å². The molecule has 0 bridgehead atoms. The smallest absolute Gasteiger partial charge is 0.253 e. The van der Waals surface area contributed by atoms with Gasteiger partial charge in [0, 0.05) is 51.3 Å². The lowest BCUT2D eigenvalue weighted by Gasteiger charge is -2.26. The third-order valence-corrected chi connectivity index (χ3v) is 5.91. The summed E-state index contributed by atoms with van der Waals surface area (Å²) < 4.78 is 0. The van der Waals surface area contributed by atoms with Gasteiger partial charge in [-0.25, -0.2) is 0 Å². The van der Waals surface area contributed by atoms with Gasteiger partial charge < -0.3 is 20.9 Å². The average Bonchev–Trinajstić information content (AvgIpc) is 2.94. The highest BCUT2D eigenvalue weighted by atomic mass is 35.5. The van der Waals surface area contributed by atoms with Crippen LogP contribution in [0.3, 0.4) is 0 Å². The van der Waals surface area contributed by atoms with Gasteiger partial charge in [-0.3, -0.25) is 14.4 Å². The molecule has 2 heterocycles. The van der Waals surface area contributed by atoms with E-state index in [0.717, 1.165) is 37.9 Å². The van der Waals surface area contributed by atoms with E-state index in [1.54, 1.807) is 4.90 Å². The van der Waals surface area contributed by atoms with Crippen LogP contribution in [0, 0.1) is 5.92 Å². The first-order valence-corrected chi connectivity index (χ1v) is 10.6. The molecule has 2 aliphatic heterocycles. The van der Waals surface area contributed by atoms with Gasteiger partial charge in [-0.2, -0.15) is 0 Å². The van der Waals surface area contributed by atoms with Crippen molar-refractivity contribution >= 4 is 30.1 Å². The lowest BCUT2D eigenvalue weighted by atomic mass is 10.0. The molecule has 2 aliphatic rings. The van der Waals surface area contributed by atoms with Crippen LogP contribution < -0.4 is 11.1 Å². The van der Waals surface area contributed by atoms with E-state index in [-0.39, 0.29) is 42.1 Å². The number of hydrogen-bond donors (Lipinski definition) is 2. The number of carbonyl (C=O) groups is 3. The van der Waals surface area contributed by atoms with Crippen LogP contribution in [0.5, 0.6) is 0 Å². The van der Waals surface area contributed by atoms with Gasteiger partial charge in [0.05, 0.1) is 5.92 Å². The summed E-state index contributed by atoms with van der Waals surface area (Å²) in [6.07, 6.45) is 4.75. The second-order valence-electron chi connectivity index (χ2n) is 8.23. The predicted molar refractivity (Wildman–Crippen MR) is 118 cm³/mol. The number of hydrogen-bond acceptors (Lipinski definition) is 4. The molecule has 3 amide bonds. The molecule has 3 N–H and O–H groups in total. The van der Waals surface area contributed by atoms with Crippen molar-refractivity contribution in [3.05, 3.63) is 35.4 Å². The Labute approximate surface area is 184 Å². The Hall–Kier alpha value is -2.12. The van der Waals surface area contributed by atoms with Crippen molar-refractivity contribution in [3.63, 3.8) is 0 Å². The number of nitrogens with two attached hydrogens (primary N) is 1. The molecule has 166 valence electrons. The standard InChI is InChI=1S/C22H32N4O3.ClH/c1-16(27)26-14-19(9-10-20(23)15-26)21(28)24-13-17-5-7-18(8-6-17)22(29)25-11-3-2-4-12-25;/h5-8,19-20H,2-4,9-15,23H2,1H3,(H,24,28);1H/t19-,20+;/m1./s1. The first kappa shape index (κ1) is 24.2. The van der Waals surface area contributed by atoms with E-state index in [1.165, 1.54) is 13.3 Å². The lowest BCUT2D eigenvalue weighted by molar-refractivity contribution is -0.131. The zero-order chi connectivity index (χ0) is 20.8. The highest BCUT2D eigenvalue weighted by Gasteiger charge is 2.28. The quantitative estimate of drug-likeness (QED) is 0.753. The van der Waals surface area contributed by atoms with Gasteiger partial charge in [0.2, 0.25) is 11.8 Å². The van der Waals surface area contributed by atoms with Crippen molar-refractivity contribution < 1.29 is 14.4 Å². The van der Waals surface area contributed by atoms with Crippen LogP contribution >= 0.6 is 12.4 Å². The maximum Gasteiger partial charge on any atom is 0.253 e. The second-order valence-corrected chi connectivity index (χ2v) is 8.23. The number of halogens is 1. The minimum absolute atomic E-state index is 0. The van der Waals surface area contributed by atoms with Crippen LogP contribution in [0.2, 0.25) is 0 Å². The molecule has 0 aliphatic carbocycles. The fraction of sp³-hybridized carbons (Fsp3) is 0.591. The molecule has 0 aromatic heterocycles. The summed E-state index contributed by atoms with van der Waals surface area (Å²) in [5.74, 6) is -0.264. The first-order valence-electron chi connectivity index (χ1n) is 10.6. The molecule has 3 rings (SSSR count). The van der Waals surface area contributed by atoms with Gasteiger partial charge in [-0.05, 0) is 49.8 Å². The summed E-state index contributed by atoms with van der Waals surface area (Å²) in [5.41, 5.74) is 7.66. The monoisotopic (exact) mass is 436 g/mol. The molecule has 0 radical (unpaired) electrons. The predicted octanol–water partition coefficient (Wildman–Crippen LogP) is 1.94. The number of piperidine rings is 1. The zero-order valence-electron chi connectivity index (χ0n) is 17.6. The molecule has 8 heteroatoms. The third kappa shape index (κ3) is 6.44. The molecule has 0 spiro atoms. The molecular weight excluding hydrogens is 404 g/mol. The minimum Gasteiger partial charge on any atom is -0.352 e. The fourth-order valence-corrected chi connectivity index (χ4v) is 4.07. The first-order chi connectivity index (χ1) is 13.9. The van der Waals surface area contributed by atoms with E-state index in [1.807, 2.05) is 29.2 Å². The van der Waals surface area contributed by atoms with E-state index in [2.05, 4.69) is 5.32 Å². The van der Waals surface area contributed by atoms with Crippen molar-refractivity contribution in [2.75, 3.05) is 26.2 Å². The number of carbonyl (C=O) groups excluding carboxylic acids is 3. The van der Waals surface area contributed by atoms with E-state index in [9.17, 15) is 14.4 Å². The number of nitrogens with zero attached hydrogens (tertiary/aromatic N) is 2. The Morgan fingerprint density at radius 2 is 1.67 bits per heavy atom. The maximum absolute atomic E-state index is 12.6. The summed E-state index contributed by atoms with van der Waals surface area (Å²) in [6.45, 7) is 4.50. The van der Waals surface area contributed by atoms with Crippen LogP contribution in [0.1, 0.15) is 54.9 Å². The van der Waals surface area contributed by atoms with Crippen molar-refractivity contribution in [1.82, 2.24) is 15.1 Å². The number of rotatable bonds is 4. The molecule has 2 fully saturated rings. The van der Waals surface area contributed by atoms with Gasteiger partial charge in [-0.15, -0.1) is 12.4 Å². The van der Waals surface area contributed by atoms with E-state index in [4.69, 9.17) is 5.73 Å². The molecule has 7 nitrogen and oxygen atoms in total. The number of benzene rings is 1. The number of amides is 3. The highest BCUT2D eigenvalue weighted by Crippen LogP contribution is 2.17. The SMILES string of the molecule is CC(=O)N1C[C@@H](N)CC[C@@H](C(=O)NCc2ccc(C(=O)N3CCCCC3)cc2)C1.Cl. The molecule has 1 aromatic carbocycles. The van der Waals surface area contributed by atoms with E-state index in [0.29, 0.717) is 31.6 Å². The maximum atomic E-state index is 12.6. The zero-order valence-corrected chi connectivity index (χ0v) is 18.5. The van der Waals surface area contributed by atoms with E-state index >= 15 is 0 Å². The average molecular weight is 437 g/mol. The highest BCUT2D eigenvalue weighted by molar-refractivity contribution is 5.94. The molecule has 0 unspecified atom stereocenters. The van der Waals surface area contributed by atoms with Gasteiger partial charge >= 0.3 is 0 Å². The summed E-state index contributed by atoms with van der Waals surface area (Å²) >= 11 is 0. The third-order valence-electron chi connectivity index (χ3n) is 5.91. The Morgan fingerprint density at radius 1 is 1.00 bits per heavy atom. The fourth-order valence-electron chi connectivity index (χ4n) is 4.07. The van der Waals surface area contributed by atoms with E-state index < -0.39 is 0 Å². The molecule has 2 atom stereocenters. The van der Waals surface area contributed by atoms with Gasteiger partial charge in [0.1, 0.15) is 0 Å². The summed E-state index contributed by atoms with van der Waals surface area (Å²) in [7, 11) is 0. The van der Waals surface area contributed by atoms with Gasteiger partial charge in [-0.1, -0.05) is 12.1 Å². The minimum atomic E-state index is -0.243. The molecular formula is C22H33ClN4O3. The number of nitrogens with one attached hydrogen (secondary N) is 1. The van der Waals surface area contributed by atoms with Crippen molar-refractivity contribution in [2.24, 2.45) is 11.7 Å². The van der Waals surface area contributed by atoms with Crippen LogP contribution in [0.25, 0.3) is 0 Å². The summed E-state index contributed by atoms with van der Waals surface area (Å²) in [6, 6.07) is 7.37. The normalized spacial score (nSPS) is 21.9. The van der Waals surface area contributed by atoms with Crippen LogP contribution in [0.4, 0.5) is 0 Å². The van der Waals surface area contributed by atoms with Gasteiger partial charge in [0.25, 0.3) is 5.91 Å². The van der Waals surface area contributed by atoms with Crippen LogP contribution in [-0.2, 0) is 16.1 Å². The molecule has 30 heavy (non-hydrogen) atoms. The molecule has 0 saturated carbocycles. The largest absolute Gasteiger partial charge is 0.352 e. The van der Waals surface area contributed by atoms with Crippen molar-refractivity contribution in [2.45, 2.75) is 51.6 Å². The summed E-state index contributed by atoms with van der Waals surface area (Å²) in [5, 5.41) is 2.97. The topological polar surface area (TPSA) is 95.7 Å². The lowest BCUT2D eigenvalue weighted by Crippen LogP contribution is -2.42. The Morgan fingerprint density at radius 3 is 2.30 bits per heavy atom. The second kappa shape index (κ2) is 11.3. The van der Waals surface area contributed by atoms with Gasteiger partial charge in [0.15, 0.2) is 0 Å². The summed E-state index contributed by atoms with van der Waals surface area (Å²) in [4.78, 5) is 40.5. The molecule has 2 saturated heterocycles. The van der Waals surface area contributed by atoms with Crippen molar-refractivity contribution in [1.29, 1.82) is 0 Å². The van der Waals surface area contributed by atoms with Crippen LogP contribution in [-0.4, -0.2) is 59.7 Å².